The summed E-state index contributed by atoms with van der Waals surface area (Å²) in [6.45, 7) is 6.77. The van der Waals surface area contributed by atoms with Crippen LogP contribution in [0.25, 0.3) is 10.9 Å². The van der Waals surface area contributed by atoms with Crippen LogP contribution in [0.3, 0.4) is 0 Å². The van der Waals surface area contributed by atoms with Gasteiger partial charge in [-0.1, -0.05) is 12.1 Å². The highest BCUT2D eigenvalue weighted by atomic mass is 16.5. The molecule has 0 bridgehead atoms. The average Bonchev–Trinajstić information content (AvgIpc) is 2.83. The Morgan fingerprint density at radius 1 is 0.969 bits per heavy atom. The molecule has 4 N–H and O–H groups in total. The molecule has 0 spiro atoms. The molecule has 32 heavy (non-hydrogen) atoms. The molecule has 170 valence electrons. The van der Waals surface area contributed by atoms with Crippen molar-refractivity contribution >= 4 is 34.4 Å². The van der Waals surface area contributed by atoms with Crippen molar-refractivity contribution in [2.75, 3.05) is 73.4 Å². The number of ether oxygens (including phenoxy) is 1. The molecule has 0 aliphatic carbocycles. The van der Waals surface area contributed by atoms with Crippen LogP contribution in [-0.4, -0.2) is 77.6 Å². The first kappa shape index (κ1) is 22.0. The molecule has 0 unspecified atom stereocenters. The van der Waals surface area contributed by atoms with Gasteiger partial charge < -0.3 is 30.7 Å². The van der Waals surface area contributed by atoms with E-state index < -0.39 is 0 Å². The lowest BCUT2D eigenvalue weighted by atomic mass is 10.1. The molecule has 1 saturated heterocycles. The number of rotatable bonds is 10. The van der Waals surface area contributed by atoms with E-state index in [0.29, 0.717) is 44.1 Å². The minimum Gasteiger partial charge on any atom is -0.395 e. The molecule has 10 nitrogen and oxygen atoms in total. The van der Waals surface area contributed by atoms with Crippen molar-refractivity contribution in [3.05, 3.63) is 36.0 Å². The molecule has 3 heterocycles. The molecule has 4 rings (SSSR count). The summed E-state index contributed by atoms with van der Waals surface area (Å²) in [4.78, 5) is 20.0. The fourth-order valence-electron chi connectivity index (χ4n) is 3.52. The van der Waals surface area contributed by atoms with Crippen molar-refractivity contribution in [1.82, 2.24) is 19.9 Å². The number of aliphatic hydroxyl groups is 1. The van der Waals surface area contributed by atoms with Crippen LogP contribution in [-0.2, 0) is 4.74 Å². The first-order valence-corrected chi connectivity index (χ1v) is 11.0. The van der Waals surface area contributed by atoms with Gasteiger partial charge in [0.25, 0.3) is 0 Å². The van der Waals surface area contributed by atoms with E-state index >= 15 is 0 Å². The van der Waals surface area contributed by atoms with Gasteiger partial charge in [0.15, 0.2) is 0 Å². The van der Waals surface area contributed by atoms with Crippen molar-refractivity contribution in [2.24, 2.45) is 0 Å². The third kappa shape index (κ3) is 5.71. The number of pyridine rings is 1. The Kier molecular flexibility index (Phi) is 7.47. The number of nitrogens with one attached hydrogen (secondary N) is 3. The Labute approximate surface area is 187 Å². The number of hydrogen-bond acceptors (Lipinski definition) is 10. The average molecular weight is 439 g/mol. The molecule has 1 aliphatic heterocycles. The first-order valence-electron chi connectivity index (χ1n) is 11.0. The van der Waals surface area contributed by atoms with E-state index in [2.05, 4.69) is 65.9 Å². The van der Waals surface area contributed by atoms with Gasteiger partial charge in [-0.25, -0.2) is 0 Å². The van der Waals surface area contributed by atoms with Gasteiger partial charge in [0.05, 0.1) is 25.3 Å². The second-order valence-corrected chi connectivity index (χ2v) is 7.62. The zero-order chi connectivity index (χ0) is 22.2. The third-order valence-electron chi connectivity index (χ3n) is 5.16. The van der Waals surface area contributed by atoms with Gasteiger partial charge in [0.2, 0.25) is 17.8 Å². The Balaban J connectivity index is 1.34. The topological polar surface area (TPSA) is 120 Å². The molecular formula is C22H30N8O2. The van der Waals surface area contributed by atoms with Crippen LogP contribution in [0.4, 0.5) is 23.5 Å². The van der Waals surface area contributed by atoms with Crippen molar-refractivity contribution in [2.45, 2.75) is 13.3 Å². The lowest BCUT2D eigenvalue weighted by molar-refractivity contribution is 0.122. The largest absolute Gasteiger partial charge is 0.395 e. The summed E-state index contributed by atoms with van der Waals surface area (Å²) in [7, 11) is 0. The van der Waals surface area contributed by atoms with Crippen LogP contribution >= 0.6 is 0 Å². The molecule has 1 fully saturated rings. The standard InChI is InChI=1S/C22H30N8O2/c1-16-3-4-17-18(5-8-24-19(17)15-16)23-6-2-7-25-20-27-21(26-9-12-31)29-22(28-20)30-10-13-32-14-11-30/h3-5,8,15,31H,2,6-7,9-14H2,1H3,(H,23,24)(H2,25,26,27,28,29). The zero-order valence-electron chi connectivity index (χ0n) is 18.3. The summed E-state index contributed by atoms with van der Waals surface area (Å²) in [5.74, 6) is 1.59. The van der Waals surface area contributed by atoms with E-state index in [-0.39, 0.29) is 6.61 Å². The van der Waals surface area contributed by atoms with Crippen LogP contribution in [0.5, 0.6) is 0 Å². The van der Waals surface area contributed by atoms with Crippen LogP contribution in [0.2, 0.25) is 0 Å². The predicted octanol–water partition coefficient (Wildman–Crippen LogP) is 1.88. The number of aromatic nitrogens is 4. The first-order chi connectivity index (χ1) is 15.7. The highest BCUT2D eigenvalue weighted by molar-refractivity contribution is 5.91. The molecule has 2 aromatic heterocycles. The second-order valence-electron chi connectivity index (χ2n) is 7.62. The smallest absolute Gasteiger partial charge is 0.232 e. The van der Waals surface area contributed by atoms with Crippen molar-refractivity contribution in [3.8, 4) is 0 Å². The predicted molar refractivity (Wildman–Crippen MR) is 127 cm³/mol. The number of morpholine rings is 1. The minimum absolute atomic E-state index is 0.0102. The fourth-order valence-corrected chi connectivity index (χ4v) is 3.52. The number of aliphatic hydroxyl groups excluding tert-OH is 1. The van der Waals surface area contributed by atoms with Crippen LogP contribution in [0, 0.1) is 6.92 Å². The van der Waals surface area contributed by atoms with Gasteiger partial charge in [0, 0.05) is 50.0 Å². The van der Waals surface area contributed by atoms with Crippen molar-refractivity contribution < 1.29 is 9.84 Å². The van der Waals surface area contributed by atoms with Crippen molar-refractivity contribution in [3.63, 3.8) is 0 Å². The Morgan fingerprint density at radius 2 is 1.72 bits per heavy atom. The summed E-state index contributed by atoms with van der Waals surface area (Å²) in [6, 6.07) is 8.31. The summed E-state index contributed by atoms with van der Waals surface area (Å²) in [5.41, 5.74) is 3.28. The Bertz CT molecular complexity index is 1030. The van der Waals surface area contributed by atoms with Crippen LogP contribution in [0.1, 0.15) is 12.0 Å². The maximum Gasteiger partial charge on any atom is 0.232 e. The number of nitrogens with zero attached hydrogens (tertiary/aromatic N) is 5. The van der Waals surface area contributed by atoms with E-state index in [1.165, 1.54) is 5.56 Å². The van der Waals surface area contributed by atoms with E-state index in [1.54, 1.807) is 0 Å². The summed E-state index contributed by atoms with van der Waals surface area (Å²) >= 11 is 0. The van der Waals surface area contributed by atoms with Gasteiger partial charge >= 0.3 is 0 Å². The molecule has 1 aliphatic rings. The molecule has 1 aromatic carbocycles. The number of benzene rings is 1. The maximum absolute atomic E-state index is 9.10. The maximum atomic E-state index is 9.10. The Morgan fingerprint density at radius 3 is 2.50 bits per heavy atom. The number of hydrogen-bond donors (Lipinski definition) is 4. The molecule has 10 heteroatoms. The lowest BCUT2D eigenvalue weighted by Crippen LogP contribution is -2.37. The van der Waals surface area contributed by atoms with E-state index in [1.807, 2.05) is 12.3 Å². The normalized spacial score (nSPS) is 13.9. The van der Waals surface area contributed by atoms with Gasteiger partial charge in [-0.05, 0) is 31.0 Å². The van der Waals surface area contributed by atoms with Gasteiger partial charge in [0.1, 0.15) is 0 Å². The number of anilines is 4. The van der Waals surface area contributed by atoms with E-state index in [9.17, 15) is 0 Å². The lowest BCUT2D eigenvalue weighted by Gasteiger charge is -2.27. The zero-order valence-corrected chi connectivity index (χ0v) is 18.3. The number of aryl methyl sites for hydroxylation is 1. The second kappa shape index (κ2) is 10.9. The molecule has 0 radical (unpaired) electrons. The molecule has 0 saturated carbocycles. The van der Waals surface area contributed by atoms with Gasteiger partial charge in [-0.3, -0.25) is 4.98 Å². The van der Waals surface area contributed by atoms with Crippen LogP contribution < -0.4 is 20.9 Å². The highest BCUT2D eigenvalue weighted by Gasteiger charge is 2.16. The van der Waals surface area contributed by atoms with Crippen LogP contribution in [0.15, 0.2) is 30.5 Å². The fraction of sp³-hybridized carbons (Fsp3) is 0.455. The SMILES string of the molecule is Cc1ccc2c(NCCCNc3nc(NCCO)nc(N4CCOCC4)n3)ccnc2c1. The molecule has 0 atom stereocenters. The quantitative estimate of drug-likeness (QED) is 0.349. The minimum atomic E-state index is 0.0102. The van der Waals surface area contributed by atoms with Gasteiger partial charge in [-0.2, -0.15) is 15.0 Å². The summed E-state index contributed by atoms with van der Waals surface area (Å²) in [6.07, 6.45) is 2.72. The van der Waals surface area contributed by atoms with Gasteiger partial charge in [-0.15, -0.1) is 0 Å². The van der Waals surface area contributed by atoms with Crippen molar-refractivity contribution in [1.29, 1.82) is 0 Å². The molecule has 3 aromatic rings. The summed E-state index contributed by atoms with van der Waals surface area (Å²) < 4.78 is 5.42. The third-order valence-corrected chi connectivity index (χ3v) is 5.16. The Hall–Kier alpha value is -3.24. The molecular weight excluding hydrogens is 408 g/mol. The summed E-state index contributed by atoms with van der Waals surface area (Å²) in [5, 5.41) is 20.1. The number of fused-ring (bicyclic) bond motifs is 1. The molecule has 0 amide bonds. The van der Waals surface area contributed by atoms with E-state index in [4.69, 9.17) is 9.84 Å². The highest BCUT2D eigenvalue weighted by Crippen LogP contribution is 2.22. The van der Waals surface area contributed by atoms with E-state index in [0.717, 1.165) is 42.6 Å². The monoisotopic (exact) mass is 438 g/mol.